The standard InChI is InChI=1S/C19H20N2OS/c1-14-15(2)23-19(21-12-6-7-13-21)17(14)18(22)20-11-10-16-8-4-3-5-9-16/h3-9,12-13H,10-11H2,1-2H3,(H,20,22). The summed E-state index contributed by atoms with van der Waals surface area (Å²) >= 11 is 1.66. The van der Waals surface area contributed by atoms with Crippen LogP contribution in [0.3, 0.4) is 0 Å². The molecule has 0 bridgehead atoms. The Morgan fingerprint density at radius 3 is 2.48 bits per heavy atom. The van der Waals surface area contributed by atoms with Gasteiger partial charge in [-0.05, 0) is 43.5 Å². The number of nitrogens with zero attached hydrogens (tertiary/aromatic N) is 1. The summed E-state index contributed by atoms with van der Waals surface area (Å²) < 4.78 is 2.01. The number of hydrogen-bond donors (Lipinski definition) is 1. The third kappa shape index (κ3) is 3.37. The lowest BCUT2D eigenvalue weighted by Gasteiger charge is -2.08. The molecule has 1 amide bonds. The van der Waals surface area contributed by atoms with Gasteiger partial charge in [-0.2, -0.15) is 0 Å². The van der Waals surface area contributed by atoms with Gasteiger partial charge in [-0.25, -0.2) is 0 Å². The molecule has 2 aromatic heterocycles. The molecular formula is C19H20N2OS. The third-order valence-corrected chi connectivity index (χ3v) is 5.20. The summed E-state index contributed by atoms with van der Waals surface area (Å²) in [6, 6.07) is 14.2. The van der Waals surface area contributed by atoms with Crippen molar-refractivity contribution >= 4 is 17.2 Å². The maximum absolute atomic E-state index is 12.7. The van der Waals surface area contributed by atoms with Crippen molar-refractivity contribution in [2.45, 2.75) is 20.3 Å². The Kier molecular flexibility index (Phi) is 4.63. The Hall–Kier alpha value is -2.33. The van der Waals surface area contributed by atoms with E-state index in [1.165, 1.54) is 10.4 Å². The number of aryl methyl sites for hydroxylation is 1. The van der Waals surface area contributed by atoms with E-state index in [1.807, 2.05) is 54.2 Å². The normalized spacial score (nSPS) is 10.7. The highest BCUT2D eigenvalue weighted by atomic mass is 32.1. The largest absolute Gasteiger partial charge is 0.352 e. The molecule has 0 radical (unpaired) electrons. The van der Waals surface area contributed by atoms with Gasteiger partial charge in [0.25, 0.3) is 5.91 Å². The van der Waals surface area contributed by atoms with Crippen LogP contribution in [0.15, 0.2) is 54.9 Å². The topological polar surface area (TPSA) is 34.0 Å². The average molecular weight is 324 g/mol. The number of carbonyl (C=O) groups is 1. The van der Waals surface area contributed by atoms with Crippen molar-refractivity contribution < 1.29 is 4.79 Å². The van der Waals surface area contributed by atoms with Crippen LogP contribution < -0.4 is 5.32 Å². The van der Waals surface area contributed by atoms with Crippen LogP contribution in [0, 0.1) is 13.8 Å². The zero-order chi connectivity index (χ0) is 16.2. The van der Waals surface area contributed by atoms with Gasteiger partial charge in [0.05, 0.1) is 5.56 Å². The highest BCUT2D eigenvalue weighted by Gasteiger charge is 2.20. The summed E-state index contributed by atoms with van der Waals surface area (Å²) in [5.74, 6) is 0.00600. The Morgan fingerprint density at radius 1 is 1.09 bits per heavy atom. The minimum Gasteiger partial charge on any atom is -0.352 e. The highest BCUT2D eigenvalue weighted by Crippen LogP contribution is 2.30. The van der Waals surface area contributed by atoms with Crippen LogP contribution in [0.2, 0.25) is 0 Å². The number of thiophene rings is 1. The molecule has 2 heterocycles. The average Bonchev–Trinajstić information content (AvgIpc) is 3.17. The van der Waals surface area contributed by atoms with Crippen LogP contribution in [-0.4, -0.2) is 17.0 Å². The zero-order valence-electron chi connectivity index (χ0n) is 13.4. The molecule has 0 aliphatic carbocycles. The van der Waals surface area contributed by atoms with Gasteiger partial charge in [-0.3, -0.25) is 4.79 Å². The predicted molar refractivity (Wildman–Crippen MR) is 95.6 cm³/mol. The number of benzene rings is 1. The first kappa shape index (κ1) is 15.6. The fourth-order valence-electron chi connectivity index (χ4n) is 2.58. The van der Waals surface area contributed by atoms with Crippen molar-refractivity contribution in [1.82, 2.24) is 9.88 Å². The van der Waals surface area contributed by atoms with Crippen molar-refractivity contribution in [2.24, 2.45) is 0 Å². The fraction of sp³-hybridized carbons (Fsp3) is 0.211. The van der Waals surface area contributed by atoms with Crippen molar-refractivity contribution in [3.05, 3.63) is 76.4 Å². The third-order valence-electron chi connectivity index (χ3n) is 3.97. The Morgan fingerprint density at radius 2 is 1.78 bits per heavy atom. The van der Waals surface area contributed by atoms with Crippen molar-refractivity contribution in [3.8, 4) is 5.00 Å². The van der Waals surface area contributed by atoms with Crippen LogP contribution in [0.4, 0.5) is 0 Å². The molecule has 1 N–H and O–H groups in total. The first-order valence-corrected chi connectivity index (χ1v) is 8.54. The molecule has 3 nitrogen and oxygen atoms in total. The summed E-state index contributed by atoms with van der Waals surface area (Å²) in [5.41, 5.74) is 3.09. The minimum atomic E-state index is 0.00600. The van der Waals surface area contributed by atoms with E-state index in [2.05, 4.69) is 24.4 Å². The van der Waals surface area contributed by atoms with E-state index in [4.69, 9.17) is 0 Å². The maximum atomic E-state index is 12.7. The molecule has 0 saturated heterocycles. The van der Waals surface area contributed by atoms with Crippen molar-refractivity contribution in [1.29, 1.82) is 0 Å². The fourth-order valence-corrected chi connectivity index (χ4v) is 3.70. The Bertz CT molecular complexity index is 788. The summed E-state index contributed by atoms with van der Waals surface area (Å²) in [7, 11) is 0. The lowest BCUT2D eigenvalue weighted by molar-refractivity contribution is 0.0954. The molecule has 0 fully saturated rings. The Balaban J connectivity index is 1.75. The molecule has 3 rings (SSSR count). The van der Waals surface area contributed by atoms with Gasteiger partial charge in [0.2, 0.25) is 0 Å². The van der Waals surface area contributed by atoms with Crippen molar-refractivity contribution in [2.75, 3.05) is 6.54 Å². The first-order valence-electron chi connectivity index (χ1n) is 7.72. The van der Waals surface area contributed by atoms with Crippen molar-refractivity contribution in [3.63, 3.8) is 0 Å². The molecule has 0 atom stereocenters. The number of amides is 1. The van der Waals surface area contributed by atoms with E-state index in [-0.39, 0.29) is 5.91 Å². The molecule has 0 spiro atoms. The van der Waals surface area contributed by atoms with Crippen LogP contribution in [-0.2, 0) is 6.42 Å². The number of hydrogen-bond acceptors (Lipinski definition) is 2. The Labute approximate surface area is 140 Å². The monoisotopic (exact) mass is 324 g/mol. The number of nitrogens with one attached hydrogen (secondary N) is 1. The van der Waals surface area contributed by atoms with Crippen LogP contribution in [0.5, 0.6) is 0 Å². The SMILES string of the molecule is Cc1sc(-n2cccc2)c(C(=O)NCCc2ccccc2)c1C. The maximum Gasteiger partial charge on any atom is 0.254 e. The lowest BCUT2D eigenvalue weighted by Crippen LogP contribution is -2.26. The summed E-state index contributed by atoms with van der Waals surface area (Å²) in [6.45, 7) is 4.72. The van der Waals surface area contributed by atoms with Gasteiger partial charge in [0.1, 0.15) is 5.00 Å². The quantitative estimate of drug-likeness (QED) is 0.752. The minimum absolute atomic E-state index is 0.00600. The number of rotatable bonds is 5. The number of carbonyl (C=O) groups excluding carboxylic acids is 1. The molecule has 0 unspecified atom stereocenters. The van der Waals surface area contributed by atoms with Gasteiger partial charge >= 0.3 is 0 Å². The first-order chi connectivity index (χ1) is 11.2. The van der Waals surface area contributed by atoms with E-state index >= 15 is 0 Å². The molecule has 4 heteroatoms. The van der Waals surface area contributed by atoms with Crippen LogP contribution in [0.1, 0.15) is 26.4 Å². The molecule has 0 saturated carbocycles. The number of aromatic nitrogens is 1. The van der Waals surface area contributed by atoms with Gasteiger partial charge in [0, 0.05) is 23.8 Å². The van der Waals surface area contributed by atoms with E-state index in [0.717, 1.165) is 22.5 Å². The molecular weight excluding hydrogens is 304 g/mol. The lowest BCUT2D eigenvalue weighted by atomic mass is 10.1. The molecule has 0 aliphatic rings. The van der Waals surface area contributed by atoms with E-state index < -0.39 is 0 Å². The highest BCUT2D eigenvalue weighted by molar-refractivity contribution is 7.15. The van der Waals surface area contributed by atoms with Gasteiger partial charge in [0.15, 0.2) is 0 Å². The van der Waals surface area contributed by atoms with E-state index in [9.17, 15) is 4.79 Å². The summed E-state index contributed by atoms with van der Waals surface area (Å²) in [5, 5.41) is 4.05. The molecule has 23 heavy (non-hydrogen) atoms. The summed E-state index contributed by atoms with van der Waals surface area (Å²) in [6.07, 6.45) is 4.80. The predicted octanol–water partition coefficient (Wildman–Crippen LogP) is 4.13. The second-order valence-electron chi connectivity index (χ2n) is 5.55. The molecule has 118 valence electrons. The second kappa shape index (κ2) is 6.84. The molecule has 3 aromatic rings. The van der Waals surface area contributed by atoms with E-state index in [0.29, 0.717) is 6.54 Å². The molecule has 1 aromatic carbocycles. The molecule has 0 aliphatic heterocycles. The van der Waals surface area contributed by atoms with E-state index in [1.54, 1.807) is 11.3 Å². The van der Waals surface area contributed by atoms with Crippen LogP contribution >= 0.6 is 11.3 Å². The second-order valence-corrected chi connectivity index (χ2v) is 6.75. The summed E-state index contributed by atoms with van der Waals surface area (Å²) in [4.78, 5) is 13.8. The zero-order valence-corrected chi connectivity index (χ0v) is 14.2. The smallest absolute Gasteiger partial charge is 0.254 e. The van der Waals surface area contributed by atoms with Gasteiger partial charge < -0.3 is 9.88 Å². The van der Waals surface area contributed by atoms with Gasteiger partial charge in [-0.15, -0.1) is 11.3 Å². The van der Waals surface area contributed by atoms with Gasteiger partial charge in [-0.1, -0.05) is 30.3 Å². The van der Waals surface area contributed by atoms with Crippen LogP contribution in [0.25, 0.3) is 5.00 Å².